The molecule has 0 aromatic heterocycles. The summed E-state index contributed by atoms with van der Waals surface area (Å²) >= 11 is 0. The number of carbonyl (C=O) groups is 2. The Kier molecular flexibility index (Phi) is 2.77. The SMILES string of the molecule is CC1=CC[C@@H]([C@@]2(C)CC(C(N)=O)=NO2)CC1=O. The quantitative estimate of drug-likeness (QED) is 0.774. The minimum Gasteiger partial charge on any atom is -0.388 e. The first-order valence-electron chi connectivity index (χ1n) is 5.67. The van der Waals surface area contributed by atoms with Gasteiger partial charge in [0.15, 0.2) is 5.78 Å². The number of allylic oxidation sites excluding steroid dienone is 2. The molecule has 0 saturated carbocycles. The minimum atomic E-state index is -0.586. The number of hydrogen-bond acceptors (Lipinski definition) is 4. The highest BCUT2D eigenvalue weighted by Crippen LogP contribution is 2.38. The van der Waals surface area contributed by atoms with Gasteiger partial charge in [0.2, 0.25) is 0 Å². The summed E-state index contributed by atoms with van der Waals surface area (Å²) in [7, 11) is 0. The number of nitrogens with two attached hydrogens (primary N) is 1. The predicted molar refractivity (Wildman–Crippen MR) is 62.2 cm³/mol. The van der Waals surface area contributed by atoms with E-state index in [0.717, 1.165) is 12.0 Å². The molecule has 1 aliphatic carbocycles. The van der Waals surface area contributed by atoms with E-state index in [0.29, 0.717) is 12.8 Å². The van der Waals surface area contributed by atoms with Gasteiger partial charge in [0.1, 0.15) is 11.3 Å². The molecule has 1 amide bonds. The molecule has 17 heavy (non-hydrogen) atoms. The van der Waals surface area contributed by atoms with Crippen LogP contribution in [0.15, 0.2) is 16.8 Å². The van der Waals surface area contributed by atoms with Gasteiger partial charge in [0.05, 0.1) is 0 Å². The molecule has 5 nitrogen and oxygen atoms in total. The fraction of sp³-hybridized carbons (Fsp3) is 0.583. The number of amides is 1. The van der Waals surface area contributed by atoms with Crippen LogP contribution in [0.3, 0.4) is 0 Å². The number of ketones is 1. The van der Waals surface area contributed by atoms with Crippen LogP contribution in [-0.2, 0) is 14.4 Å². The second kappa shape index (κ2) is 3.98. The zero-order chi connectivity index (χ0) is 12.6. The fourth-order valence-electron chi connectivity index (χ4n) is 2.27. The Morgan fingerprint density at radius 2 is 2.35 bits per heavy atom. The van der Waals surface area contributed by atoms with Crippen molar-refractivity contribution in [2.75, 3.05) is 0 Å². The fourth-order valence-corrected chi connectivity index (χ4v) is 2.27. The molecule has 0 spiro atoms. The maximum Gasteiger partial charge on any atom is 0.266 e. The van der Waals surface area contributed by atoms with Crippen molar-refractivity contribution in [2.24, 2.45) is 16.8 Å². The molecule has 0 fully saturated rings. The van der Waals surface area contributed by atoms with Crippen molar-refractivity contribution >= 4 is 17.4 Å². The number of rotatable bonds is 2. The molecule has 2 atom stereocenters. The van der Waals surface area contributed by atoms with Gasteiger partial charge in [0.25, 0.3) is 5.91 Å². The number of oxime groups is 1. The lowest BCUT2D eigenvalue weighted by Gasteiger charge is -2.32. The number of primary amides is 1. The van der Waals surface area contributed by atoms with Crippen molar-refractivity contribution in [3.63, 3.8) is 0 Å². The Morgan fingerprint density at radius 3 is 2.88 bits per heavy atom. The van der Waals surface area contributed by atoms with Crippen LogP contribution in [0.4, 0.5) is 0 Å². The van der Waals surface area contributed by atoms with Crippen LogP contribution in [0.25, 0.3) is 0 Å². The first-order chi connectivity index (χ1) is 7.92. The standard InChI is InChI=1S/C12H16N2O3/c1-7-3-4-8(5-10(7)15)12(2)6-9(11(13)16)14-17-12/h3,8H,4-6H2,1-2H3,(H2,13,16)/t8-,12-/m1/s1. The van der Waals surface area contributed by atoms with E-state index in [2.05, 4.69) is 5.16 Å². The maximum atomic E-state index is 11.7. The Morgan fingerprint density at radius 1 is 1.65 bits per heavy atom. The summed E-state index contributed by atoms with van der Waals surface area (Å²) in [5, 5.41) is 3.72. The van der Waals surface area contributed by atoms with E-state index in [1.807, 2.05) is 19.9 Å². The van der Waals surface area contributed by atoms with Crippen LogP contribution in [-0.4, -0.2) is 23.0 Å². The highest BCUT2D eigenvalue weighted by atomic mass is 16.7. The van der Waals surface area contributed by atoms with Gasteiger partial charge < -0.3 is 10.6 Å². The lowest BCUT2D eigenvalue weighted by Crippen LogP contribution is -2.39. The first-order valence-corrected chi connectivity index (χ1v) is 5.67. The van der Waals surface area contributed by atoms with Crippen molar-refractivity contribution in [1.29, 1.82) is 0 Å². The second-order valence-corrected chi connectivity index (χ2v) is 4.93. The zero-order valence-electron chi connectivity index (χ0n) is 10.0. The molecule has 1 aliphatic heterocycles. The predicted octanol–water partition coefficient (Wildman–Crippen LogP) is 0.932. The Balaban J connectivity index is 2.10. The van der Waals surface area contributed by atoms with Gasteiger partial charge in [-0.1, -0.05) is 11.2 Å². The molecule has 92 valence electrons. The molecule has 5 heteroatoms. The summed E-state index contributed by atoms with van der Waals surface area (Å²) in [4.78, 5) is 28.0. The van der Waals surface area contributed by atoms with Crippen LogP contribution < -0.4 is 5.73 Å². The van der Waals surface area contributed by atoms with E-state index in [9.17, 15) is 9.59 Å². The highest BCUT2D eigenvalue weighted by Gasteiger charge is 2.44. The molecule has 0 radical (unpaired) electrons. The normalized spacial score (nSPS) is 32.8. The molecule has 0 unspecified atom stereocenters. The van der Waals surface area contributed by atoms with Gasteiger partial charge in [-0.2, -0.15) is 0 Å². The van der Waals surface area contributed by atoms with E-state index in [-0.39, 0.29) is 17.4 Å². The van der Waals surface area contributed by atoms with Crippen molar-refractivity contribution in [2.45, 2.75) is 38.7 Å². The van der Waals surface area contributed by atoms with Crippen molar-refractivity contribution in [3.8, 4) is 0 Å². The number of Topliss-reactive ketones (excluding diaryl/α,β-unsaturated/α-hetero) is 1. The topological polar surface area (TPSA) is 81.8 Å². The largest absolute Gasteiger partial charge is 0.388 e. The van der Waals surface area contributed by atoms with Gasteiger partial charge in [-0.15, -0.1) is 0 Å². The zero-order valence-corrected chi connectivity index (χ0v) is 10.0. The lowest BCUT2D eigenvalue weighted by atomic mass is 9.76. The average molecular weight is 236 g/mol. The Labute approximate surface area is 99.7 Å². The molecule has 2 N–H and O–H groups in total. The lowest BCUT2D eigenvalue weighted by molar-refractivity contribution is -0.121. The smallest absolute Gasteiger partial charge is 0.266 e. The molecule has 1 heterocycles. The Hall–Kier alpha value is -1.65. The highest BCUT2D eigenvalue weighted by molar-refractivity contribution is 6.38. The molecule has 2 aliphatic rings. The van der Waals surface area contributed by atoms with Gasteiger partial charge in [-0.05, 0) is 25.8 Å². The molecule has 0 saturated heterocycles. The summed E-state index contributed by atoms with van der Waals surface area (Å²) < 4.78 is 0. The maximum absolute atomic E-state index is 11.7. The molecule has 2 rings (SSSR count). The third kappa shape index (κ3) is 2.09. The van der Waals surface area contributed by atoms with Gasteiger partial charge in [-0.3, -0.25) is 9.59 Å². The second-order valence-electron chi connectivity index (χ2n) is 4.93. The van der Waals surface area contributed by atoms with Gasteiger partial charge in [0, 0.05) is 18.8 Å². The molecular formula is C12H16N2O3. The third-order valence-corrected chi connectivity index (χ3v) is 3.61. The number of hydrogen-bond donors (Lipinski definition) is 1. The van der Waals surface area contributed by atoms with E-state index in [1.54, 1.807) is 0 Å². The van der Waals surface area contributed by atoms with Crippen LogP contribution in [0, 0.1) is 5.92 Å². The van der Waals surface area contributed by atoms with Crippen molar-refractivity contribution < 1.29 is 14.4 Å². The molecular weight excluding hydrogens is 220 g/mol. The van der Waals surface area contributed by atoms with E-state index in [1.165, 1.54) is 0 Å². The number of carbonyl (C=O) groups excluding carboxylic acids is 2. The van der Waals surface area contributed by atoms with E-state index >= 15 is 0 Å². The Bertz CT molecular complexity index is 439. The van der Waals surface area contributed by atoms with Crippen LogP contribution in [0.2, 0.25) is 0 Å². The van der Waals surface area contributed by atoms with Crippen molar-refractivity contribution in [1.82, 2.24) is 0 Å². The molecule has 0 aromatic rings. The van der Waals surface area contributed by atoms with Crippen LogP contribution >= 0.6 is 0 Å². The van der Waals surface area contributed by atoms with Crippen LogP contribution in [0.5, 0.6) is 0 Å². The summed E-state index contributed by atoms with van der Waals surface area (Å²) in [6.45, 7) is 3.70. The van der Waals surface area contributed by atoms with Gasteiger partial charge in [-0.25, -0.2) is 0 Å². The summed E-state index contributed by atoms with van der Waals surface area (Å²) in [6, 6.07) is 0. The average Bonchev–Trinajstić information content (AvgIpc) is 2.66. The summed E-state index contributed by atoms with van der Waals surface area (Å²) in [5.41, 5.74) is 5.64. The number of nitrogens with zero attached hydrogens (tertiary/aromatic N) is 1. The third-order valence-electron chi connectivity index (χ3n) is 3.61. The van der Waals surface area contributed by atoms with E-state index < -0.39 is 11.5 Å². The first kappa shape index (κ1) is 11.8. The minimum absolute atomic E-state index is 0.0549. The van der Waals surface area contributed by atoms with E-state index in [4.69, 9.17) is 10.6 Å². The van der Waals surface area contributed by atoms with Crippen molar-refractivity contribution in [3.05, 3.63) is 11.6 Å². The monoisotopic (exact) mass is 236 g/mol. The molecule has 0 bridgehead atoms. The van der Waals surface area contributed by atoms with Gasteiger partial charge >= 0.3 is 0 Å². The summed E-state index contributed by atoms with van der Waals surface area (Å²) in [6.07, 6.45) is 3.52. The molecule has 0 aromatic carbocycles. The van der Waals surface area contributed by atoms with Crippen LogP contribution in [0.1, 0.15) is 33.1 Å². The summed E-state index contributed by atoms with van der Waals surface area (Å²) in [5.74, 6) is -0.361.